The zero-order valence-electron chi connectivity index (χ0n) is 15.2. The van der Waals surface area contributed by atoms with Crippen LogP contribution >= 0.6 is 0 Å². The lowest BCUT2D eigenvalue weighted by Crippen LogP contribution is -2.89. The zero-order valence-corrected chi connectivity index (χ0v) is 15.2. The molecule has 0 radical (unpaired) electrons. The second kappa shape index (κ2) is 6.37. The molecule has 3 unspecified atom stereocenters. The highest BCUT2D eigenvalue weighted by atomic mass is 16.7. The van der Waals surface area contributed by atoms with Crippen LogP contribution in [0.5, 0.6) is 0 Å². The molecule has 11 heteroatoms. The average molecular weight is 381 g/mol. The summed E-state index contributed by atoms with van der Waals surface area (Å²) in [4.78, 5) is 23.4. The van der Waals surface area contributed by atoms with Crippen molar-refractivity contribution in [3.05, 3.63) is 0 Å². The van der Waals surface area contributed by atoms with Gasteiger partial charge in [0.25, 0.3) is 5.79 Å². The first-order valence-corrected chi connectivity index (χ1v) is 7.82. The van der Waals surface area contributed by atoms with Gasteiger partial charge in [0.2, 0.25) is 5.91 Å². The minimum atomic E-state index is -3.15. The predicted molar refractivity (Wildman–Crippen MR) is 84.3 cm³/mol. The van der Waals surface area contributed by atoms with Crippen molar-refractivity contribution in [2.75, 3.05) is 6.61 Å². The molecular weight excluding hydrogens is 354 g/mol. The Morgan fingerprint density at radius 2 is 1.54 bits per heavy atom. The normalized spacial score (nSPS) is 42.0. The Bertz CT molecular complexity index is 593. The molecule has 0 bridgehead atoms. The van der Waals surface area contributed by atoms with Gasteiger partial charge in [0.15, 0.2) is 5.72 Å². The maximum atomic E-state index is 11.7. The van der Waals surface area contributed by atoms with E-state index >= 15 is 0 Å². The van der Waals surface area contributed by atoms with E-state index in [4.69, 9.17) is 9.84 Å². The summed E-state index contributed by atoms with van der Waals surface area (Å²) in [5, 5.41) is 73.7. The Morgan fingerprint density at radius 3 is 1.88 bits per heavy atom. The smallest absolute Gasteiger partial charge is 0.364 e. The minimum absolute atomic E-state index is 0.879. The highest BCUT2D eigenvalue weighted by Gasteiger charge is 2.80. The maximum Gasteiger partial charge on any atom is 0.364 e. The van der Waals surface area contributed by atoms with Gasteiger partial charge in [-0.25, -0.2) is 4.79 Å². The molecule has 0 saturated carbocycles. The number of carboxylic acid groups (broad SMARTS) is 1. The number of carbonyl (C=O) groups excluding carboxylic acids is 1. The molecule has 152 valence electrons. The standard InChI is InChI=1S/C15H27NO10/c1-7(18)16-15(25)12(4,9(20)8(19)6-17)26-14(24,10(21)22)11(2,3)13(15,5)23/h8-9,17,19-20,23-25H,6H2,1-5H3,(H,16,18)(H,21,22)/t8?,9?,12?,13-,14-,15-/m1/s1. The van der Waals surface area contributed by atoms with Crippen LogP contribution in [-0.2, 0) is 14.3 Å². The molecule has 0 aromatic carbocycles. The van der Waals surface area contributed by atoms with Crippen molar-refractivity contribution in [1.29, 1.82) is 0 Å². The van der Waals surface area contributed by atoms with E-state index in [1.54, 1.807) is 0 Å². The van der Waals surface area contributed by atoms with E-state index in [1.807, 2.05) is 5.32 Å². The Kier molecular flexibility index (Phi) is 5.56. The van der Waals surface area contributed by atoms with Crippen molar-refractivity contribution >= 4 is 11.9 Å². The molecule has 0 aromatic heterocycles. The first-order valence-electron chi connectivity index (χ1n) is 7.82. The highest BCUT2D eigenvalue weighted by Crippen LogP contribution is 2.57. The summed E-state index contributed by atoms with van der Waals surface area (Å²) >= 11 is 0. The summed E-state index contributed by atoms with van der Waals surface area (Å²) < 4.78 is 5.19. The van der Waals surface area contributed by atoms with Gasteiger partial charge in [-0.2, -0.15) is 0 Å². The van der Waals surface area contributed by atoms with E-state index in [2.05, 4.69) is 0 Å². The third-order valence-corrected chi connectivity index (χ3v) is 5.61. The van der Waals surface area contributed by atoms with Crippen LogP contribution in [0.1, 0.15) is 34.6 Å². The monoisotopic (exact) mass is 381 g/mol. The minimum Gasteiger partial charge on any atom is -0.477 e. The fraction of sp³-hybridized carbons (Fsp3) is 0.867. The van der Waals surface area contributed by atoms with Gasteiger partial charge in [0.05, 0.1) is 12.0 Å². The van der Waals surface area contributed by atoms with Crippen LogP contribution in [0.4, 0.5) is 0 Å². The van der Waals surface area contributed by atoms with Gasteiger partial charge in [0, 0.05) is 6.92 Å². The fourth-order valence-electron chi connectivity index (χ4n) is 3.33. The van der Waals surface area contributed by atoms with Gasteiger partial charge >= 0.3 is 5.97 Å². The van der Waals surface area contributed by atoms with Gasteiger partial charge in [-0.1, -0.05) is 13.8 Å². The number of rotatable bonds is 5. The number of ether oxygens (including phenoxy) is 1. The number of aliphatic hydroxyl groups is 6. The number of hydrogen-bond donors (Lipinski definition) is 8. The number of amides is 1. The van der Waals surface area contributed by atoms with Crippen molar-refractivity contribution in [3.8, 4) is 0 Å². The lowest BCUT2D eigenvalue weighted by atomic mass is 9.57. The molecule has 0 spiro atoms. The van der Waals surface area contributed by atoms with Crippen LogP contribution < -0.4 is 5.32 Å². The third kappa shape index (κ3) is 2.62. The summed E-state index contributed by atoms with van der Waals surface area (Å²) in [5.74, 6) is -5.97. The molecule has 0 aromatic rings. The molecule has 1 amide bonds. The number of nitrogens with one attached hydrogen (secondary N) is 1. The first-order chi connectivity index (χ1) is 11.5. The van der Waals surface area contributed by atoms with E-state index < -0.39 is 58.8 Å². The quantitative estimate of drug-likeness (QED) is 0.225. The van der Waals surface area contributed by atoms with Crippen molar-refractivity contribution < 1.29 is 50.1 Å². The Morgan fingerprint density at radius 1 is 1.08 bits per heavy atom. The summed E-state index contributed by atoms with van der Waals surface area (Å²) in [6.45, 7) is 3.92. The summed E-state index contributed by atoms with van der Waals surface area (Å²) in [6.07, 6.45) is -4.19. The second-order valence-corrected chi connectivity index (χ2v) is 7.44. The molecule has 1 aliphatic rings. The van der Waals surface area contributed by atoms with Gasteiger partial charge in [0.1, 0.15) is 23.4 Å². The molecule has 1 heterocycles. The van der Waals surface area contributed by atoms with Crippen LogP contribution in [0.15, 0.2) is 0 Å². The molecular formula is C15H27NO10. The number of hydrogen-bond acceptors (Lipinski definition) is 9. The number of carboxylic acids is 1. The predicted octanol–water partition coefficient (Wildman–Crippen LogP) is -3.14. The van der Waals surface area contributed by atoms with Crippen molar-refractivity contribution in [1.82, 2.24) is 5.32 Å². The molecule has 11 nitrogen and oxygen atoms in total. The van der Waals surface area contributed by atoms with Gasteiger partial charge in [-0.3, -0.25) is 4.79 Å². The number of carbonyl (C=O) groups is 2. The molecule has 1 saturated heterocycles. The molecule has 8 N–H and O–H groups in total. The Hall–Kier alpha value is -1.34. The van der Waals surface area contributed by atoms with Crippen molar-refractivity contribution in [2.45, 2.75) is 69.5 Å². The molecule has 0 aliphatic carbocycles. The second-order valence-electron chi connectivity index (χ2n) is 7.44. The van der Waals surface area contributed by atoms with Crippen molar-refractivity contribution in [2.24, 2.45) is 5.41 Å². The van der Waals surface area contributed by atoms with E-state index in [1.165, 1.54) is 0 Å². The Labute approximate surface area is 149 Å². The largest absolute Gasteiger partial charge is 0.477 e. The maximum absolute atomic E-state index is 11.7. The van der Waals surface area contributed by atoms with E-state index in [0.29, 0.717) is 0 Å². The van der Waals surface area contributed by atoms with Crippen LogP contribution in [-0.4, -0.2) is 89.2 Å². The van der Waals surface area contributed by atoms with Gasteiger partial charge in [-0.05, 0) is 13.8 Å². The lowest BCUT2D eigenvalue weighted by molar-refractivity contribution is -0.446. The topological polar surface area (TPSA) is 197 Å². The molecule has 1 aliphatic heterocycles. The lowest BCUT2D eigenvalue weighted by Gasteiger charge is -2.66. The number of aliphatic hydroxyl groups excluding tert-OH is 3. The van der Waals surface area contributed by atoms with Crippen LogP contribution in [0, 0.1) is 5.41 Å². The Balaban J connectivity index is 3.84. The zero-order chi connectivity index (χ0) is 20.9. The van der Waals surface area contributed by atoms with Crippen molar-refractivity contribution in [3.63, 3.8) is 0 Å². The van der Waals surface area contributed by atoms with E-state index in [0.717, 1.165) is 34.6 Å². The summed E-state index contributed by atoms with van der Waals surface area (Å²) in [5.41, 5.74) is -10.3. The highest BCUT2D eigenvalue weighted by molar-refractivity contribution is 5.78. The molecule has 6 atom stereocenters. The van der Waals surface area contributed by atoms with E-state index in [-0.39, 0.29) is 0 Å². The third-order valence-electron chi connectivity index (χ3n) is 5.61. The number of aliphatic carboxylic acids is 1. The molecule has 1 rings (SSSR count). The van der Waals surface area contributed by atoms with E-state index in [9.17, 15) is 40.2 Å². The van der Waals surface area contributed by atoms with Crippen LogP contribution in [0.3, 0.4) is 0 Å². The molecule has 26 heavy (non-hydrogen) atoms. The van der Waals surface area contributed by atoms with Gasteiger partial charge < -0.3 is 45.8 Å². The van der Waals surface area contributed by atoms with Crippen LogP contribution in [0.2, 0.25) is 0 Å². The first kappa shape index (κ1) is 22.7. The van der Waals surface area contributed by atoms with Crippen LogP contribution in [0.25, 0.3) is 0 Å². The fourth-order valence-corrected chi connectivity index (χ4v) is 3.33. The van der Waals surface area contributed by atoms with Gasteiger partial charge in [-0.15, -0.1) is 0 Å². The summed E-state index contributed by atoms with van der Waals surface area (Å²) in [7, 11) is 0. The SMILES string of the molecule is CC(=O)N[C@@]1(O)C(C)(C(O)C(O)CO)O[C@](O)(C(=O)O)C(C)(C)[C@@]1(C)O. The average Bonchev–Trinajstić information content (AvgIpc) is 2.50. The summed E-state index contributed by atoms with van der Waals surface area (Å²) in [6, 6.07) is 0. The molecule has 1 fully saturated rings.